The van der Waals surface area contributed by atoms with E-state index < -0.39 is 12.5 Å². The van der Waals surface area contributed by atoms with Crippen LogP contribution < -0.4 is 10.1 Å². The summed E-state index contributed by atoms with van der Waals surface area (Å²) in [6.07, 6.45) is 0. The lowest BCUT2D eigenvalue weighted by Gasteiger charge is -2.11. The average Bonchev–Trinajstić information content (AvgIpc) is 2.23. The molecule has 0 unspecified atom stereocenters. The van der Waals surface area contributed by atoms with E-state index in [1.54, 1.807) is 0 Å². The van der Waals surface area contributed by atoms with Gasteiger partial charge in [-0.2, -0.15) is 8.78 Å². The maximum atomic E-state index is 12.0. The van der Waals surface area contributed by atoms with Crippen molar-refractivity contribution in [1.82, 2.24) is 0 Å². The minimum Gasteiger partial charge on any atom is -0.432 e. The molecule has 94 valence electrons. The van der Waals surface area contributed by atoms with Crippen molar-refractivity contribution in [3.8, 4) is 5.75 Å². The summed E-state index contributed by atoms with van der Waals surface area (Å²) in [5.41, 5.74) is 0.243. The summed E-state index contributed by atoms with van der Waals surface area (Å²) in [7, 11) is 0. The largest absolute Gasteiger partial charge is 0.432 e. The first-order chi connectivity index (χ1) is 7.93. The van der Waals surface area contributed by atoms with Crippen molar-refractivity contribution in [2.24, 2.45) is 0 Å². The van der Waals surface area contributed by atoms with Crippen molar-refractivity contribution in [2.75, 3.05) is 11.2 Å². The molecule has 0 aliphatic heterocycles. The number of carbonyl (C=O) groups excluding carboxylic acids is 1. The van der Waals surface area contributed by atoms with Crippen LogP contribution in [0.15, 0.2) is 12.1 Å². The highest BCUT2D eigenvalue weighted by Gasteiger charge is 2.14. The number of amides is 1. The van der Waals surface area contributed by atoms with Crippen LogP contribution in [0.3, 0.4) is 0 Å². The molecule has 0 aliphatic rings. The first-order valence-corrected chi connectivity index (χ1v) is 5.52. The Morgan fingerprint density at radius 3 is 2.29 bits per heavy atom. The zero-order valence-electron chi connectivity index (χ0n) is 8.15. The summed E-state index contributed by atoms with van der Waals surface area (Å²) < 4.78 is 28.2. The summed E-state index contributed by atoms with van der Waals surface area (Å²) in [6, 6.07) is 2.46. The third kappa shape index (κ3) is 4.18. The Labute approximate surface area is 111 Å². The predicted molar refractivity (Wildman–Crippen MR) is 62.4 cm³/mol. The van der Waals surface area contributed by atoms with Gasteiger partial charge in [0.2, 0.25) is 5.91 Å². The quantitative estimate of drug-likeness (QED) is 0.860. The van der Waals surface area contributed by atoms with E-state index in [1.165, 1.54) is 12.1 Å². The normalized spacial score (nSPS) is 10.5. The molecule has 0 heterocycles. The van der Waals surface area contributed by atoms with Gasteiger partial charge in [0, 0.05) is 5.69 Å². The minimum atomic E-state index is -3.03. The minimum absolute atomic E-state index is 0.136. The molecule has 0 aliphatic carbocycles. The van der Waals surface area contributed by atoms with Gasteiger partial charge in [0.15, 0.2) is 5.75 Å². The van der Waals surface area contributed by atoms with Gasteiger partial charge in [-0.1, -0.05) is 23.2 Å². The van der Waals surface area contributed by atoms with E-state index in [0.29, 0.717) is 0 Å². The second-order valence-corrected chi connectivity index (χ2v) is 3.91. The molecule has 0 aromatic heterocycles. The van der Waals surface area contributed by atoms with Crippen LogP contribution in [0.2, 0.25) is 10.0 Å². The maximum absolute atomic E-state index is 12.0. The number of rotatable bonds is 4. The van der Waals surface area contributed by atoms with E-state index >= 15 is 0 Å². The van der Waals surface area contributed by atoms with Crippen molar-refractivity contribution in [3.63, 3.8) is 0 Å². The van der Waals surface area contributed by atoms with Gasteiger partial charge in [-0.3, -0.25) is 4.79 Å². The van der Waals surface area contributed by atoms with Crippen LogP contribution in [0.1, 0.15) is 0 Å². The fraction of sp³-hybridized carbons (Fsp3) is 0.222. The topological polar surface area (TPSA) is 38.3 Å². The lowest BCUT2D eigenvalue weighted by molar-refractivity contribution is -0.113. The molecule has 3 nitrogen and oxygen atoms in total. The lowest BCUT2D eigenvalue weighted by atomic mass is 10.3. The predicted octanol–water partition coefficient (Wildman–Crippen LogP) is 3.77. The van der Waals surface area contributed by atoms with E-state index in [-0.39, 0.29) is 27.4 Å². The first kappa shape index (κ1) is 14.3. The van der Waals surface area contributed by atoms with E-state index in [4.69, 9.17) is 34.8 Å². The third-order valence-electron chi connectivity index (χ3n) is 1.61. The Balaban J connectivity index is 2.96. The zero-order valence-corrected chi connectivity index (χ0v) is 10.4. The summed E-state index contributed by atoms with van der Waals surface area (Å²) in [5.74, 6) is -1.06. The molecule has 1 rings (SSSR count). The molecule has 1 aromatic carbocycles. The smallest absolute Gasteiger partial charge is 0.387 e. The van der Waals surface area contributed by atoms with E-state index in [9.17, 15) is 13.6 Å². The van der Waals surface area contributed by atoms with Crippen LogP contribution in [-0.2, 0) is 4.79 Å². The fourth-order valence-corrected chi connectivity index (χ4v) is 1.67. The molecule has 0 fully saturated rings. The Bertz CT molecular complexity index is 406. The molecule has 0 atom stereocenters. The molecule has 0 saturated carbocycles. The molecule has 1 amide bonds. The molecule has 8 heteroatoms. The lowest BCUT2D eigenvalue weighted by Crippen LogP contribution is -2.12. The molecular weight excluding hydrogens is 298 g/mol. The SMILES string of the molecule is O=C(CCl)Nc1cc(Cl)c(OC(F)F)c(Cl)c1. The van der Waals surface area contributed by atoms with E-state index in [1.807, 2.05) is 0 Å². The monoisotopic (exact) mass is 303 g/mol. The van der Waals surface area contributed by atoms with Gasteiger partial charge in [0.05, 0.1) is 10.0 Å². The summed E-state index contributed by atoms with van der Waals surface area (Å²) in [5, 5.41) is 2.10. The number of anilines is 1. The van der Waals surface area contributed by atoms with Crippen molar-refractivity contribution < 1.29 is 18.3 Å². The second-order valence-electron chi connectivity index (χ2n) is 2.83. The number of ether oxygens (including phenoxy) is 1. The number of hydrogen-bond donors (Lipinski definition) is 1. The molecular formula is C9H6Cl3F2NO2. The molecule has 0 spiro atoms. The average molecular weight is 305 g/mol. The van der Waals surface area contributed by atoms with Crippen LogP contribution in [0, 0.1) is 0 Å². The van der Waals surface area contributed by atoms with Crippen molar-refractivity contribution in [3.05, 3.63) is 22.2 Å². The van der Waals surface area contributed by atoms with Gasteiger partial charge in [-0.15, -0.1) is 11.6 Å². The molecule has 1 aromatic rings. The Morgan fingerprint density at radius 1 is 1.35 bits per heavy atom. The van der Waals surface area contributed by atoms with Crippen LogP contribution >= 0.6 is 34.8 Å². The molecule has 0 bridgehead atoms. The third-order valence-corrected chi connectivity index (χ3v) is 2.41. The number of nitrogens with one attached hydrogen (secondary N) is 1. The van der Waals surface area contributed by atoms with Crippen LogP contribution in [0.5, 0.6) is 5.75 Å². The van der Waals surface area contributed by atoms with Gasteiger partial charge >= 0.3 is 6.61 Å². The molecule has 1 N–H and O–H groups in total. The van der Waals surface area contributed by atoms with E-state index in [0.717, 1.165) is 0 Å². The summed E-state index contributed by atoms with van der Waals surface area (Å²) in [6.45, 7) is -3.03. The van der Waals surface area contributed by atoms with Crippen molar-refractivity contribution >= 4 is 46.4 Å². The van der Waals surface area contributed by atoms with Crippen LogP contribution in [0.4, 0.5) is 14.5 Å². The fourth-order valence-electron chi connectivity index (χ4n) is 1.03. The Morgan fingerprint density at radius 2 is 1.88 bits per heavy atom. The van der Waals surface area contributed by atoms with Crippen LogP contribution in [0.25, 0.3) is 0 Å². The van der Waals surface area contributed by atoms with Crippen molar-refractivity contribution in [1.29, 1.82) is 0 Å². The zero-order chi connectivity index (χ0) is 13.0. The van der Waals surface area contributed by atoms with Gasteiger partial charge < -0.3 is 10.1 Å². The summed E-state index contributed by atoms with van der Waals surface area (Å²) >= 11 is 16.6. The molecule has 17 heavy (non-hydrogen) atoms. The van der Waals surface area contributed by atoms with Gasteiger partial charge in [0.1, 0.15) is 5.88 Å². The Kier molecular flexibility index (Phi) is 5.24. The number of hydrogen-bond acceptors (Lipinski definition) is 2. The highest BCUT2D eigenvalue weighted by molar-refractivity contribution is 6.37. The second kappa shape index (κ2) is 6.23. The number of halogens is 5. The standard InChI is InChI=1S/C9H6Cl3F2NO2/c10-3-7(16)15-4-1-5(11)8(6(12)2-4)17-9(13)14/h1-2,9H,3H2,(H,15,16). The van der Waals surface area contributed by atoms with Gasteiger partial charge in [-0.25, -0.2) is 0 Å². The highest BCUT2D eigenvalue weighted by Crippen LogP contribution is 2.36. The number of benzene rings is 1. The Hall–Kier alpha value is -0.780. The summed E-state index contributed by atoms with van der Waals surface area (Å²) in [4.78, 5) is 11.0. The van der Waals surface area contributed by atoms with Gasteiger partial charge in [0.25, 0.3) is 0 Å². The van der Waals surface area contributed by atoms with Crippen LogP contribution in [-0.4, -0.2) is 18.4 Å². The maximum Gasteiger partial charge on any atom is 0.387 e. The van der Waals surface area contributed by atoms with Crippen molar-refractivity contribution in [2.45, 2.75) is 6.61 Å². The molecule has 0 saturated heterocycles. The first-order valence-electron chi connectivity index (χ1n) is 4.23. The van der Waals surface area contributed by atoms with Gasteiger partial charge in [-0.05, 0) is 12.1 Å². The highest BCUT2D eigenvalue weighted by atomic mass is 35.5. The van der Waals surface area contributed by atoms with E-state index in [2.05, 4.69) is 10.1 Å². The number of carbonyl (C=O) groups is 1. The molecule has 0 radical (unpaired) electrons. The number of alkyl halides is 3.